The first-order chi connectivity index (χ1) is 11.8. The molecule has 2 N–H and O–H groups in total. The molecule has 1 atom stereocenters. The lowest BCUT2D eigenvalue weighted by atomic mass is 9.96. The van der Waals surface area contributed by atoms with E-state index in [1.807, 2.05) is 0 Å². The zero-order valence-electron chi connectivity index (χ0n) is 14.7. The number of hydrogen-bond acceptors (Lipinski definition) is 2. The summed E-state index contributed by atoms with van der Waals surface area (Å²) >= 11 is 0. The molecule has 1 aliphatic heterocycles. The molecule has 1 aliphatic carbocycles. The molecule has 1 heterocycles. The van der Waals surface area contributed by atoms with Crippen LogP contribution in [0.25, 0.3) is 0 Å². The smallest absolute Gasteiger partial charge is 0.315 e. The number of benzene rings is 1. The van der Waals surface area contributed by atoms with Crippen molar-refractivity contribution in [3.63, 3.8) is 0 Å². The first kappa shape index (κ1) is 17.3. The van der Waals surface area contributed by atoms with E-state index in [1.54, 1.807) is 0 Å². The Balaban J connectivity index is 1.28. The summed E-state index contributed by atoms with van der Waals surface area (Å²) in [5, 5.41) is 6.13. The molecule has 2 fully saturated rings. The zero-order chi connectivity index (χ0) is 16.6. The fourth-order valence-electron chi connectivity index (χ4n) is 4.02. The minimum atomic E-state index is 0.0190. The van der Waals surface area contributed by atoms with E-state index in [4.69, 9.17) is 0 Å². The molecule has 0 unspecified atom stereocenters. The molecule has 24 heavy (non-hydrogen) atoms. The lowest BCUT2D eigenvalue weighted by Gasteiger charge is -2.23. The predicted octanol–water partition coefficient (Wildman–Crippen LogP) is 3.50. The SMILES string of the molecule is O=C(NCCCN1CC[C@@H](c2ccccc2)C1)NC1CCCCC1. The molecule has 1 saturated carbocycles. The Hall–Kier alpha value is -1.55. The van der Waals surface area contributed by atoms with E-state index < -0.39 is 0 Å². The Morgan fingerprint density at radius 3 is 2.67 bits per heavy atom. The molecule has 4 nitrogen and oxygen atoms in total. The van der Waals surface area contributed by atoms with Gasteiger partial charge in [-0.3, -0.25) is 0 Å². The van der Waals surface area contributed by atoms with Crippen LogP contribution in [0.15, 0.2) is 30.3 Å². The first-order valence-corrected chi connectivity index (χ1v) is 9.63. The predicted molar refractivity (Wildman–Crippen MR) is 98.3 cm³/mol. The minimum absolute atomic E-state index is 0.0190. The van der Waals surface area contributed by atoms with Crippen molar-refractivity contribution in [1.29, 1.82) is 0 Å². The fraction of sp³-hybridized carbons (Fsp3) is 0.650. The molecule has 2 aliphatic rings. The van der Waals surface area contributed by atoms with E-state index in [9.17, 15) is 4.79 Å². The molecule has 0 spiro atoms. The number of rotatable bonds is 6. The van der Waals surface area contributed by atoms with Crippen molar-refractivity contribution in [2.24, 2.45) is 0 Å². The molecular weight excluding hydrogens is 298 g/mol. The minimum Gasteiger partial charge on any atom is -0.338 e. The molecule has 0 bridgehead atoms. The maximum Gasteiger partial charge on any atom is 0.315 e. The quantitative estimate of drug-likeness (QED) is 0.785. The second-order valence-electron chi connectivity index (χ2n) is 7.29. The van der Waals surface area contributed by atoms with Gasteiger partial charge in [0.2, 0.25) is 0 Å². The Morgan fingerprint density at radius 1 is 1.08 bits per heavy atom. The average Bonchev–Trinajstić information content (AvgIpc) is 3.09. The molecule has 1 aromatic rings. The third-order valence-corrected chi connectivity index (χ3v) is 5.42. The second kappa shape index (κ2) is 9.07. The third-order valence-electron chi connectivity index (χ3n) is 5.42. The van der Waals surface area contributed by atoms with Crippen LogP contribution in [0.1, 0.15) is 56.4 Å². The number of likely N-dealkylation sites (tertiary alicyclic amines) is 1. The van der Waals surface area contributed by atoms with Crippen LogP contribution < -0.4 is 10.6 Å². The van der Waals surface area contributed by atoms with Crippen LogP contribution in [0.2, 0.25) is 0 Å². The van der Waals surface area contributed by atoms with Crippen LogP contribution in [-0.2, 0) is 0 Å². The van der Waals surface area contributed by atoms with E-state index >= 15 is 0 Å². The summed E-state index contributed by atoms with van der Waals surface area (Å²) in [4.78, 5) is 14.4. The number of urea groups is 1. The van der Waals surface area contributed by atoms with Gasteiger partial charge in [-0.1, -0.05) is 49.6 Å². The molecule has 0 aromatic heterocycles. The topological polar surface area (TPSA) is 44.4 Å². The Kier molecular flexibility index (Phi) is 6.53. The van der Waals surface area contributed by atoms with Gasteiger partial charge in [0.05, 0.1) is 0 Å². The van der Waals surface area contributed by atoms with Crippen LogP contribution in [0, 0.1) is 0 Å². The van der Waals surface area contributed by atoms with Gasteiger partial charge in [0.25, 0.3) is 0 Å². The standard InChI is InChI=1S/C20H31N3O/c24-20(22-19-10-5-2-6-11-19)21-13-7-14-23-15-12-18(16-23)17-8-3-1-4-9-17/h1,3-4,8-9,18-19H,2,5-7,10-16H2,(H2,21,22,24)/t18-/m1/s1. The largest absolute Gasteiger partial charge is 0.338 e. The first-order valence-electron chi connectivity index (χ1n) is 9.63. The van der Waals surface area contributed by atoms with Gasteiger partial charge < -0.3 is 15.5 Å². The van der Waals surface area contributed by atoms with Crippen molar-refractivity contribution < 1.29 is 4.79 Å². The molecule has 132 valence electrons. The van der Waals surface area contributed by atoms with Crippen molar-refractivity contribution in [2.75, 3.05) is 26.2 Å². The highest BCUT2D eigenvalue weighted by Crippen LogP contribution is 2.26. The van der Waals surface area contributed by atoms with Crippen LogP contribution in [0.4, 0.5) is 4.79 Å². The zero-order valence-corrected chi connectivity index (χ0v) is 14.7. The van der Waals surface area contributed by atoms with Crippen molar-refractivity contribution in [3.8, 4) is 0 Å². The fourth-order valence-corrected chi connectivity index (χ4v) is 4.02. The van der Waals surface area contributed by atoms with Gasteiger partial charge in [-0.2, -0.15) is 0 Å². The third kappa shape index (κ3) is 5.23. The van der Waals surface area contributed by atoms with Gasteiger partial charge in [-0.05, 0) is 50.3 Å². The highest BCUT2D eigenvalue weighted by atomic mass is 16.2. The van der Waals surface area contributed by atoms with Crippen molar-refractivity contribution in [1.82, 2.24) is 15.5 Å². The lowest BCUT2D eigenvalue weighted by molar-refractivity contribution is 0.231. The summed E-state index contributed by atoms with van der Waals surface area (Å²) in [6, 6.07) is 11.2. The van der Waals surface area contributed by atoms with Gasteiger partial charge in [0.15, 0.2) is 0 Å². The highest BCUT2D eigenvalue weighted by Gasteiger charge is 2.23. The molecule has 1 saturated heterocycles. The van der Waals surface area contributed by atoms with Gasteiger partial charge in [0.1, 0.15) is 0 Å². The van der Waals surface area contributed by atoms with Crippen LogP contribution in [0.5, 0.6) is 0 Å². The number of amides is 2. The van der Waals surface area contributed by atoms with E-state index in [-0.39, 0.29) is 6.03 Å². The molecule has 2 amide bonds. The van der Waals surface area contributed by atoms with Crippen LogP contribution in [0.3, 0.4) is 0 Å². The molecule has 0 radical (unpaired) electrons. The monoisotopic (exact) mass is 329 g/mol. The Bertz CT molecular complexity index is 499. The Morgan fingerprint density at radius 2 is 1.88 bits per heavy atom. The van der Waals surface area contributed by atoms with E-state index in [0.29, 0.717) is 12.0 Å². The highest BCUT2D eigenvalue weighted by molar-refractivity contribution is 5.74. The van der Waals surface area contributed by atoms with E-state index in [2.05, 4.69) is 45.9 Å². The number of carbonyl (C=O) groups excluding carboxylic acids is 1. The summed E-state index contributed by atoms with van der Waals surface area (Å²) in [5.74, 6) is 0.675. The van der Waals surface area contributed by atoms with Gasteiger partial charge >= 0.3 is 6.03 Å². The number of hydrogen-bond donors (Lipinski definition) is 2. The lowest BCUT2D eigenvalue weighted by Crippen LogP contribution is -2.43. The maximum atomic E-state index is 11.9. The maximum absolute atomic E-state index is 11.9. The number of nitrogens with zero attached hydrogens (tertiary/aromatic N) is 1. The van der Waals surface area contributed by atoms with Crippen molar-refractivity contribution in [2.45, 2.75) is 56.9 Å². The second-order valence-corrected chi connectivity index (χ2v) is 7.29. The van der Waals surface area contributed by atoms with Crippen molar-refractivity contribution in [3.05, 3.63) is 35.9 Å². The van der Waals surface area contributed by atoms with Crippen LogP contribution >= 0.6 is 0 Å². The van der Waals surface area contributed by atoms with Gasteiger partial charge in [0, 0.05) is 19.1 Å². The van der Waals surface area contributed by atoms with E-state index in [1.165, 1.54) is 37.8 Å². The molecule has 4 heteroatoms. The van der Waals surface area contributed by atoms with Crippen LogP contribution in [-0.4, -0.2) is 43.2 Å². The molecule has 3 rings (SSSR count). The summed E-state index contributed by atoms with van der Waals surface area (Å²) in [6.45, 7) is 4.17. The van der Waals surface area contributed by atoms with Crippen molar-refractivity contribution >= 4 is 6.03 Å². The molecule has 1 aromatic carbocycles. The average molecular weight is 329 g/mol. The summed E-state index contributed by atoms with van der Waals surface area (Å²) in [5.41, 5.74) is 1.46. The number of carbonyl (C=O) groups is 1. The van der Waals surface area contributed by atoms with E-state index in [0.717, 1.165) is 38.9 Å². The summed E-state index contributed by atoms with van der Waals surface area (Å²) < 4.78 is 0. The molecular formula is C20H31N3O. The number of nitrogens with one attached hydrogen (secondary N) is 2. The normalized spacial score (nSPS) is 22.4. The van der Waals surface area contributed by atoms with Gasteiger partial charge in [-0.15, -0.1) is 0 Å². The Labute approximate surface area is 146 Å². The summed E-state index contributed by atoms with van der Waals surface area (Å²) in [6.07, 6.45) is 8.38. The van der Waals surface area contributed by atoms with Gasteiger partial charge in [-0.25, -0.2) is 4.79 Å². The summed E-state index contributed by atoms with van der Waals surface area (Å²) in [7, 11) is 0.